The Morgan fingerprint density at radius 3 is 2.52 bits per heavy atom. The van der Waals surface area contributed by atoms with Crippen LogP contribution in [0.1, 0.15) is 15.9 Å². The number of pyridine rings is 1. The second kappa shape index (κ2) is 10.1. The largest absolute Gasteiger partial charge is 0.491 e. The van der Waals surface area contributed by atoms with Crippen molar-refractivity contribution in [3.63, 3.8) is 0 Å². The number of carbonyl (C=O) groups excluding carboxylic acids is 1. The summed E-state index contributed by atoms with van der Waals surface area (Å²) in [4.78, 5) is 26.5. The number of ether oxygens (including phenoxy) is 2. The quantitative estimate of drug-likeness (QED) is 0.485. The van der Waals surface area contributed by atoms with E-state index in [2.05, 4.69) is 15.6 Å². The van der Waals surface area contributed by atoms with Crippen LogP contribution in [-0.4, -0.2) is 31.2 Å². The van der Waals surface area contributed by atoms with Crippen molar-refractivity contribution in [3.05, 3.63) is 88.3 Å². The Bertz CT molecular complexity index is 979. The number of nitrogens with one attached hydrogen (secondary N) is 3. The van der Waals surface area contributed by atoms with Crippen LogP contribution in [0, 0.1) is 0 Å². The number of aromatic nitrogens is 1. The minimum Gasteiger partial charge on any atom is -0.491 e. The number of H-pyrrole nitrogens is 1. The molecule has 0 unspecified atom stereocenters. The predicted octanol–water partition coefficient (Wildman–Crippen LogP) is 3.26. The number of anilines is 2. The summed E-state index contributed by atoms with van der Waals surface area (Å²) >= 11 is 0. The summed E-state index contributed by atoms with van der Waals surface area (Å²) in [7, 11) is 1.62. The first-order valence-electron chi connectivity index (χ1n) is 9.19. The first kappa shape index (κ1) is 20.2. The molecule has 1 aromatic heterocycles. The molecule has 0 atom stereocenters. The van der Waals surface area contributed by atoms with Crippen LogP contribution in [0.25, 0.3) is 0 Å². The fourth-order valence-corrected chi connectivity index (χ4v) is 2.66. The molecule has 0 fully saturated rings. The molecule has 0 saturated carbocycles. The first-order valence-corrected chi connectivity index (χ1v) is 9.19. The molecule has 29 heavy (non-hydrogen) atoms. The number of para-hydroxylation sites is 1. The second-order valence-electron chi connectivity index (χ2n) is 6.28. The van der Waals surface area contributed by atoms with Crippen LogP contribution in [0.5, 0.6) is 5.75 Å². The van der Waals surface area contributed by atoms with Gasteiger partial charge in [0, 0.05) is 37.3 Å². The van der Waals surface area contributed by atoms with E-state index in [0.29, 0.717) is 42.4 Å². The Balaban J connectivity index is 1.63. The van der Waals surface area contributed by atoms with Gasteiger partial charge in [-0.05, 0) is 42.0 Å². The highest BCUT2D eigenvalue weighted by atomic mass is 16.5. The van der Waals surface area contributed by atoms with Gasteiger partial charge in [-0.2, -0.15) is 0 Å². The lowest BCUT2D eigenvalue weighted by Crippen LogP contribution is -2.15. The Morgan fingerprint density at radius 1 is 1.00 bits per heavy atom. The highest BCUT2D eigenvalue weighted by molar-refractivity contribution is 6.08. The van der Waals surface area contributed by atoms with Gasteiger partial charge in [0.25, 0.3) is 5.91 Å². The normalized spacial score (nSPS) is 10.4. The SMILES string of the molecule is COCCOc1ccc(NC(=O)c2ccccc2NCc2ccc(=O)[nH]c2)cc1. The number of rotatable bonds is 9. The predicted molar refractivity (Wildman–Crippen MR) is 113 cm³/mol. The fraction of sp³-hybridized carbons (Fsp3) is 0.182. The van der Waals surface area contributed by atoms with Gasteiger partial charge in [-0.25, -0.2) is 0 Å². The van der Waals surface area contributed by atoms with E-state index in [1.54, 1.807) is 49.7 Å². The third kappa shape index (κ3) is 5.95. The summed E-state index contributed by atoms with van der Waals surface area (Å²) < 4.78 is 10.5. The first-order chi connectivity index (χ1) is 14.2. The van der Waals surface area contributed by atoms with Crippen molar-refractivity contribution in [3.8, 4) is 5.75 Å². The molecule has 0 aliphatic carbocycles. The van der Waals surface area contributed by atoms with Crippen LogP contribution in [0.4, 0.5) is 11.4 Å². The summed E-state index contributed by atoms with van der Waals surface area (Å²) in [5, 5.41) is 6.13. The zero-order chi connectivity index (χ0) is 20.5. The van der Waals surface area contributed by atoms with E-state index in [-0.39, 0.29) is 11.5 Å². The van der Waals surface area contributed by atoms with Crippen molar-refractivity contribution < 1.29 is 14.3 Å². The van der Waals surface area contributed by atoms with Gasteiger partial charge in [0.2, 0.25) is 5.56 Å². The lowest BCUT2D eigenvalue weighted by atomic mass is 10.1. The molecule has 0 saturated heterocycles. The molecule has 2 aromatic carbocycles. The molecule has 3 aromatic rings. The number of carbonyl (C=O) groups is 1. The monoisotopic (exact) mass is 393 g/mol. The summed E-state index contributed by atoms with van der Waals surface area (Å²) in [6, 6.07) is 17.7. The van der Waals surface area contributed by atoms with Crippen LogP contribution < -0.4 is 20.9 Å². The molecule has 0 bridgehead atoms. The van der Waals surface area contributed by atoms with Crippen molar-refractivity contribution in [2.75, 3.05) is 31.0 Å². The zero-order valence-electron chi connectivity index (χ0n) is 16.1. The topological polar surface area (TPSA) is 92.4 Å². The molecule has 7 nitrogen and oxygen atoms in total. The van der Waals surface area contributed by atoms with Crippen molar-refractivity contribution in [1.29, 1.82) is 0 Å². The van der Waals surface area contributed by atoms with E-state index in [1.807, 2.05) is 18.2 Å². The summed E-state index contributed by atoms with van der Waals surface area (Å²) in [5.74, 6) is 0.491. The van der Waals surface area contributed by atoms with Crippen LogP contribution >= 0.6 is 0 Å². The smallest absolute Gasteiger partial charge is 0.257 e. The van der Waals surface area contributed by atoms with Gasteiger partial charge in [-0.1, -0.05) is 18.2 Å². The van der Waals surface area contributed by atoms with Crippen LogP contribution in [0.2, 0.25) is 0 Å². The lowest BCUT2D eigenvalue weighted by molar-refractivity contribution is 0.102. The van der Waals surface area contributed by atoms with Crippen LogP contribution in [0.3, 0.4) is 0 Å². The fourth-order valence-electron chi connectivity index (χ4n) is 2.66. The third-order valence-electron chi connectivity index (χ3n) is 4.17. The van der Waals surface area contributed by atoms with E-state index in [1.165, 1.54) is 6.07 Å². The van der Waals surface area contributed by atoms with Crippen molar-refractivity contribution in [2.45, 2.75) is 6.54 Å². The molecule has 7 heteroatoms. The number of methoxy groups -OCH3 is 1. The highest BCUT2D eigenvalue weighted by Crippen LogP contribution is 2.20. The molecular formula is C22H23N3O4. The van der Waals surface area contributed by atoms with Crippen molar-refractivity contribution in [2.24, 2.45) is 0 Å². The molecule has 150 valence electrons. The van der Waals surface area contributed by atoms with Crippen molar-refractivity contribution >= 4 is 17.3 Å². The molecule has 0 spiro atoms. The number of hydrogen-bond donors (Lipinski definition) is 3. The average Bonchev–Trinajstić information content (AvgIpc) is 2.75. The van der Waals surface area contributed by atoms with E-state index < -0.39 is 0 Å². The van der Waals surface area contributed by atoms with Crippen molar-refractivity contribution in [1.82, 2.24) is 4.98 Å². The van der Waals surface area contributed by atoms with Gasteiger partial charge in [0.05, 0.1) is 12.2 Å². The lowest BCUT2D eigenvalue weighted by Gasteiger charge is -2.13. The standard InChI is InChI=1S/C22H23N3O4/c1-28-12-13-29-18-9-7-17(8-10-18)25-22(27)19-4-2-3-5-20(19)23-14-16-6-11-21(26)24-15-16/h2-11,15,23H,12-14H2,1H3,(H,24,26)(H,25,27). The van der Waals surface area contributed by atoms with Gasteiger partial charge in [-0.3, -0.25) is 9.59 Å². The van der Waals surface area contributed by atoms with Gasteiger partial charge in [0.15, 0.2) is 0 Å². The van der Waals surface area contributed by atoms with Gasteiger partial charge in [0.1, 0.15) is 12.4 Å². The maximum absolute atomic E-state index is 12.7. The van der Waals surface area contributed by atoms with Crippen LogP contribution in [-0.2, 0) is 11.3 Å². The third-order valence-corrected chi connectivity index (χ3v) is 4.17. The Labute approximate surface area is 168 Å². The molecule has 0 radical (unpaired) electrons. The second-order valence-corrected chi connectivity index (χ2v) is 6.28. The molecule has 3 N–H and O–H groups in total. The van der Waals surface area contributed by atoms with E-state index in [4.69, 9.17) is 9.47 Å². The minimum absolute atomic E-state index is 0.149. The molecule has 0 aliphatic heterocycles. The Morgan fingerprint density at radius 2 is 1.79 bits per heavy atom. The summed E-state index contributed by atoms with van der Waals surface area (Å²) in [5.41, 5.74) is 2.66. The minimum atomic E-state index is -0.220. The highest BCUT2D eigenvalue weighted by Gasteiger charge is 2.11. The van der Waals surface area contributed by atoms with Crippen LogP contribution in [0.15, 0.2) is 71.7 Å². The van der Waals surface area contributed by atoms with E-state index in [0.717, 1.165) is 5.56 Å². The summed E-state index contributed by atoms with van der Waals surface area (Å²) in [6.07, 6.45) is 1.65. The number of aromatic amines is 1. The van der Waals surface area contributed by atoms with Gasteiger partial charge in [-0.15, -0.1) is 0 Å². The average molecular weight is 393 g/mol. The molecule has 0 aliphatic rings. The van der Waals surface area contributed by atoms with E-state index >= 15 is 0 Å². The van der Waals surface area contributed by atoms with E-state index in [9.17, 15) is 9.59 Å². The maximum Gasteiger partial charge on any atom is 0.257 e. The number of amides is 1. The summed E-state index contributed by atoms with van der Waals surface area (Å²) in [6.45, 7) is 1.46. The number of benzene rings is 2. The molecule has 1 heterocycles. The zero-order valence-corrected chi connectivity index (χ0v) is 16.1. The van der Waals surface area contributed by atoms with Gasteiger partial charge < -0.3 is 25.1 Å². The maximum atomic E-state index is 12.7. The molecular weight excluding hydrogens is 370 g/mol. The molecule has 1 amide bonds. The Hall–Kier alpha value is -3.58. The van der Waals surface area contributed by atoms with Gasteiger partial charge >= 0.3 is 0 Å². The Kier molecular flexibility index (Phi) is 7.02. The number of hydrogen-bond acceptors (Lipinski definition) is 5. The molecule has 3 rings (SSSR count).